The predicted octanol–water partition coefficient (Wildman–Crippen LogP) is -0.464. The molecule has 0 aromatic carbocycles. The molecule has 104 valence electrons. The summed E-state index contributed by atoms with van der Waals surface area (Å²) >= 11 is 0. The van der Waals surface area contributed by atoms with Crippen LogP contribution in [0.2, 0.25) is 0 Å². The van der Waals surface area contributed by atoms with Crippen LogP contribution >= 0.6 is 0 Å². The van der Waals surface area contributed by atoms with Crippen molar-refractivity contribution in [3.8, 4) is 0 Å². The van der Waals surface area contributed by atoms with E-state index in [1.165, 1.54) is 0 Å². The van der Waals surface area contributed by atoms with Gasteiger partial charge >= 0.3 is 6.18 Å². The molecule has 0 aromatic rings. The standard InChI is InChI=1S/C9H13F3N2O3S/c10-9(11,12)7-3-13-8(15)4-14(7)6-1-2-18(16,17)5-6/h6-7H,1-5H2,(H,13,15). The SMILES string of the molecule is O=C1CN(C2CCS(=O)(=O)C2)C(C(F)(F)F)CN1. The molecule has 1 N–H and O–H groups in total. The third-order valence-corrected chi connectivity index (χ3v) is 5.02. The highest BCUT2D eigenvalue weighted by Crippen LogP contribution is 2.30. The molecular formula is C9H13F3N2O3S. The lowest BCUT2D eigenvalue weighted by atomic mass is 10.1. The summed E-state index contributed by atoms with van der Waals surface area (Å²) < 4.78 is 61.1. The zero-order valence-electron chi connectivity index (χ0n) is 9.40. The van der Waals surface area contributed by atoms with Gasteiger partial charge in [-0.2, -0.15) is 13.2 Å². The second-order valence-corrected chi connectivity index (χ2v) is 6.82. The van der Waals surface area contributed by atoms with E-state index in [-0.39, 0.29) is 17.9 Å². The number of nitrogens with zero attached hydrogens (tertiary/aromatic N) is 1. The van der Waals surface area contributed by atoms with Gasteiger partial charge in [-0.25, -0.2) is 8.42 Å². The van der Waals surface area contributed by atoms with Gasteiger partial charge in [0.05, 0.1) is 18.1 Å². The van der Waals surface area contributed by atoms with Crippen molar-refractivity contribution < 1.29 is 26.4 Å². The second-order valence-electron chi connectivity index (χ2n) is 4.59. The maximum atomic E-state index is 12.8. The number of hydrogen-bond acceptors (Lipinski definition) is 4. The van der Waals surface area contributed by atoms with Gasteiger partial charge in [0.2, 0.25) is 5.91 Å². The molecule has 2 unspecified atom stereocenters. The molecule has 0 saturated carbocycles. The van der Waals surface area contributed by atoms with Crippen LogP contribution in [-0.4, -0.2) is 62.1 Å². The summed E-state index contributed by atoms with van der Waals surface area (Å²) in [5, 5.41) is 2.16. The van der Waals surface area contributed by atoms with E-state index in [0.717, 1.165) is 4.90 Å². The summed E-state index contributed by atoms with van der Waals surface area (Å²) in [6, 6.07) is -2.51. The van der Waals surface area contributed by atoms with Crippen LogP contribution in [0.5, 0.6) is 0 Å². The molecule has 2 aliphatic heterocycles. The van der Waals surface area contributed by atoms with Crippen LogP contribution in [0, 0.1) is 0 Å². The van der Waals surface area contributed by atoms with Gasteiger partial charge in [-0.05, 0) is 6.42 Å². The minimum atomic E-state index is -4.47. The molecule has 1 amide bonds. The Labute approximate surface area is 102 Å². The second kappa shape index (κ2) is 4.37. The fourth-order valence-electron chi connectivity index (χ4n) is 2.38. The van der Waals surface area contributed by atoms with Crippen LogP contribution < -0.4 is 5.32 Å². The van der Waals surface area contributed by atoms with Gasteiger partial charge in [-0.1, -0.05) is 0 Å². The molecule has 9 heteroatoms. The molecule has 2 atom stereocenters. The maximum Gasteiger partial charge on any atom is 0.405 e. The van der Waals surface area contributed by atoms with E-state index in [1.54, 1.807) is 0 Å². The Bertz CT molecular complexity index is 448. The Morgan fingerprint density at radius 1 is 1.33 bits per heavy atom. The van der Waals surface area contributed by atoms with Crippen molar-refractivity contribution in [2.24, 2.45) is 0 Å². The number of rotatable bonds is 1. The van der Waals surface area contributed by atoms with Gasteiger partial charge in [0, 0.05) is 12.6 Å². The summed E-state index contributed by atoms with van der Waals surface area (Å²) in [6.45, 7) is -0.913. The predicted molar refractivity (Wildman–Crippen MR) is 56.6 cm³/mol. The molecule has 0 spiro atoms. The van der Waals surface area contributed by atoms with Gasteiger partial charge in [0.25, 0.3) is 0 Å². The highest BCUT2D eigenvalue weighted by atomic mass is 32.2. The minimum Gasteiger partial charge on any atom is -0.353 e. The molecule has 2 fully saturated rings. The molecule has 0 radical (unpaired) electrons. The van der Waals surface area contributed by atoms with Crippen LogP contribution in [0.25, 0.3) is 0 Å². The Kier molecular flexibility index (Phi) is 3.30. The van der Waals surface area contributed by atoms with Crippen molar-refractivity contribution >= 4 is 15.7 Å². The van der Waals surface area contributed by atoms with Crippen LogP contribution in [0.15, 0.2) is 0 Å². The molecule has 2 saturated heterocycles. The third kappa shape index (κ3) is 2.77. The molecule has 2 heterocycles. The number of hydrogen-bond donors (Lipinski definition) is 1. The molecule has 2 rings (SSSR count). The summed E-state index contributed by atoms with van der Waals surface area (Å²) in [7, 11) is -3.27. The number of carbonyl (C=O) groups excluding carboxylic acids is 1. The fraction of sp³-hybridized carbons (Fsp3) is 0.889. The zero-order chi connectivity index (χ0) is 13.6. The van der Waals surface area contributed by atoms with Crippen LogP contribution in [0.1, 0.15) is 6.42 Å². The Morgan fingerprint density at radius 2 is 2.00 bits per heavy atom. The van der Waals surface area contributed by atoms with Crippen molar-refractivity contribution in [1.82, 2.24) is 10.2 Å². The molecule has 18 heavy (non-hydrogen) atoms. The minimum absolute atomic E-state index is 0.111. The number of halogens is 3. The van der Waals surface area contributed by atoms with Crippen molar-refractivity contribution in [3.05, 3.63) is 0 Å². The van der Waals surface area contributed by atoms with E-state index in [0.29, 0.717) is 0 Å². The molecule has 5 nitrogen and oxygen atoms in total. The van der Waals surface area contributed by atoms with Gasteiger partial charge in [-0.3, -0.25) is 9.69 Å². The van der Waals surface area contributed by atoms with Crippen molar-refractivity contribution in [2.45, 2.75) is 24.7 Å². The Hall–Kier alpha value is -0.830. The van der Waals surface area contributed by atoms with E-state index in [1.807, 2.05) is 0 Å². The third-order valence-electron chi connectivity index (χ3n) is 3.27. The summed E-state index contributed by atoms with van der Waals surface area (Å²) in [5.41, 5.74) is 0. The lowest BCUT2D eigenvalue weighted by Crippen LogP contribution is -2.62. The molecular weight excluding hydrogens is 273 g/mol. The average molecular weight is 286 g/mol. The highest BCUT2D eigenvalue weighted by Gasteiger charge is 2.49. The fourth-order valence-corrected chi connectivity index (χ4v) is 4.13. The van der Waals surface area contributed by atoms with Crippen molar-refractivity contribution in [1.29, 1.82) is 0 Å². The number of sulfone groups is 1. The van der Waals surface area contributed by atoms with E-state index >= 15 is 0 Å². The van der Waals surface area contributed by atoms with Gasteiger partial charge in [-0.15, -0.1) is 0 Å². The highest BCUT2D eigenvalue weighted by molar-refractivity contribution is 7.91. The van der Waals surface area contributed by atoms with Gasteiger partial charge in [0.1, 0.15) is 6.04 Å². The monoisotopic (exact) mass is 286 g/mol. The first kappa shape index (κ1) is 13.6. The number of nitrogens with one attached hydrogen (secondary N) is 1. The van der Waals surface area contributed by atoms with E-state index in [2.05, 4.69) is 5.32 Å². The van der Waals surface area contributed by atoms with Crippen LogP contribution in [-0.2, 0) is 14.6 Å². The number of piperazine rings is 1. The molecule has 2 aliphatic rings. The number of alkyl halides is 3. The quantitative estimate of drug-likeness (QED) is 0.708. The number of carbonyl (C=O) groups is 1. The molecule has 0 aliphatic carbocycles. The zero-order valence-corrected chi connectivity index (χ0v) is 10.2. The topological polar surface area (TPSA) is 66.5 Å². The van der Waals surface area contributed by atoms with Crippen LogP contribution in [0.3, 0.4) is 0 Å². The smallest absolute Gasteiger partial charge is 0.353 e. The normalized spacial score (nSPS) is 33.4. The van der Waals surface area contributed by atoms with Gasteiger partial charge < -0.3 is 5.32 Å². The molecule has 0 bridgehead atoms. The lowest BCUT2D eigenvalue weighted by molar-refractivity contribution is -0.193. The first-order valence-electron chi connectivity index (χ1n) is 5.48. The summed E-state index contributed by atoms with van der Waals surface area (Å²) in [4.78, 5) is 12.2. The van der Waals surface area contributed by atoms with E-state index in [9.17, 15) is 26.4 Å². The Morgan fingerprint density at radius 3 is 2.50 bits per heavy atom. The first-order chi connectivity index (χ1) is 8.19. The van der Waals surface area contributed by atoms with Gasteiger partial charge in [0.15, 0.2) is 9.84 Å². The Balaban J connectivity index is 2.19. The average Bonchev–Trinajstić information content (AvgIpc) is 2.57. The van der Waals surface area contributed by atoms with E-state index in [4.69, 9.17) is 0 Å². The largest absolute Gasteiger partial charge is 0.405 e. The maximum absolute atomic E-state index is 12.8. The van der Waals surface area contributed by atoms with Crippen LogP contribution in [0.4, 0.5) is 13.2 Å². The first-order valence-corrected chi connectivity index (χ1v) is 7.31. The van der Waals surface area contributed by atoms with E-state index < -0.39 is 47.1 Å². The molecule has 0 aromatic heterocycles. The van der Waals surface area contributed by atoms with Crippen molar-refractivity contribution in [3.63, 3.8) is 0 Å². The summed E-state index contributed by atoms with van der Waals surface area (Å²) in [6.07, 6.45) is -4.32. The number of amides is 1. The summed E-state index contributed by atoms with van der Waals surface area (Å²) in [5.74, 6) is -0.910. The van der Waals surface area contributed by atoms with Crippen molar-refractivity contribution in [2.75, 3.05) is 24.6 Å². The lowest BCUT2D eigenvalue weighted by Gasteiger charge is -2.39.